The van der Waals surface area contributed by atoms with E-state index in [1.54, 1.807) is 5.38 Å². The van der Waals surface area contributed by atoms with Crippen LogP contribution in [0.15, 0.2) is 17.5 Å². The van der Waals surface area contributed by atoms with Gasteiger partial charge >= 0.3 is 0 Å². The van der Waals surface area contributed by atoms with Crippen molar-refractivity contribution >= 4 is 39.4 Å². The topological polar surface area (TPSA) is 83.1 Å². The van der Waals surface area contributed by atoms with E-state index in [4.69, 9.17) is 4.74 Å². The van der Waals surface area contributed by atoms with Crippen LogP contribution in [0, 0.1) is 13.8 Å². The van der Waals surface area contributed by atoms with Crippen LogP contribution in [0.5, 0.6) is 0 Å². The molecule has 3 heterocycles. The van der Waals surface area contributed by atoms with Gasteiger partial charge in [-0.2, -0.15) is 0 Å². The molecular formula is C17H19N5O2S. The molecule has 3 aromatic rings. The predicted molar refractivity (Wildman–Crippen MR) is 98.7 cm³/mol. The fraction of sp³-hybridized carbons (Fsp3) is 0.353. The van der Waals surface area contributed by atoms with Gasteiger partial charge in [0.05, 0.1) is 24.2 Å². The molecule has 0 saturated carbocycles. The van der Waals surface area contributed by atoms with Crippen LogP contribution in [0.2, 0.25) is 0 Å². The molecule has 0 radical (unpaired) electrons. The molecule has 8 heteroatoms. The number of benzene rings is 1. The van der Waals surface area contributed by atoms with Crippen LogP contribution >= 0.6 is 11.3 Å². The zero-order valence-corrected chi connectivity index (χ0v) is 14.9. The van der Waals surface area contributed by atoms with Crippen LogP contribution in [0.1, 0.15) is 21.6 Å². The second kappa shape index (κ2) is 6.45. The zero-order chi connectivity index (χ0) is 17.4. The first-order valence-electron chi connectivity index (χ1n) is 8.17. The summed E-state index contributed by atoms with van der Waals surface area (Å²) < 4.78 is 5.34. The van der Waals surface area contributed by atoms with Crippen LogP contribution in [0.4, 0.5) is 11.1 Å². The molecule has 0 aliphatic carbocycles. The van der Waals surface area contributed by atoms with Gasteiger partial charge in [0.2, 0.25) is 5.95 Å². The molecule has 1 aromatic carbocycles. The van der Waals surface area contributed by atoms with Crippen molar-refractivity contribution in [2.45, 2.75) is 13.8 Å². The average Bonchev–Trinajstić information content (AvgIpc) is 3.23. The van der Waals surface area contributed by atoms with E-state index >= 15 is 0 Å². The number of imidazole rings is 1. The second-order valence-electron chi connectivity index (χ2n) is 6.11. The Kier molecular flexibility index (Phi) is 4.14. The number of morpholine rings is 1. The molecule has 25 heavy (non-hydrogen) atoms. The first-order valence-corrected chi connectivity index (χ1v) is 9.04. The van der Waals surface area contributed by atoms with Gasteiger partial charge in [-0.3, -0.25) is 10.1 Å². The summed E-state index contributed by atoms with van der Waals surface area (Å²) in [5, 5.41) is 5.42. The SMILES string of the molecule is Cc1cc2nc(NC(=O)c3csc(N4CCOCC4)n3)[nH]c2cc1C. The van der Waals surface area contributed by atoms with Gasteiger partial charge in [-0.05, 0) is 37.1 Å². The Labute approximate surface area is 149 Å². The Balaban J connectivity index is 1.51. The highest BCUT2D eigenvalue weighted by atomic mass is 32.1. The van der Waals surface area contributed by atoms with Crippen molar-refractivity contribution in [1.29, 1.82) is 0 Å². The third kappa shape index (κ3) is 3.22. The highest BCUT2D eigenvalue weighted by molar-refractivity contribution is 7.14. The van der Waals surface area contributed by atoms with E-state index in [1.165, 1.54) is 22.5 Å². The van der Waals surface area contributed by atoms with Crippen molar-refractivity contribution in [2.75, 3.05) is 36.5 Å². The number of rotatable bonds is 3. The van der Waals surface area contributed by atoms with Crippen molar-refractivity contribution in [3.05, 3.63) is 34.3 Å². The van der Waals surface area contributed by atoms with E-state index in [1.807, 2.05) is 19.1 Å². The fourth-order valence-corrected chi connectivity index (χ4v) is 3.63. The van der Waals surface area contributed by atoms with Gasteiger partial charge < -0.3 is 14.6 Å². The number of nitrogens with zero attached hydrogens (tertiary/aromatic N) is 3. The largest absolute Gasteiger partial charge is 0.378 e. The maximum Gasteiger partial charge on any atom is 0.277 e. The van der Waals surface area contributed by atoms with Gasteiger partial charge in [-0.25, -0.2) is 9.97 Å². The van der Waals surface area contributed by atoms with Crippen molar-refractivity contribution in [3.63, 3.8) is 0 Å². The molecule has 4 rings (SSSR count). The lowest BCUT2D eigenvalue weighted by Gasteiger charge is -2.25. The van der Waals surface area contributed by atoms with Gasteiger partial charge in [-0.1, -0.05) is 0 Å². The molecule has 1 aliphatic rings. The number of fused-ring (bicyclic) bond motifs is 1. The number of carbonyl (C=O) groups is 1. The molecule has 1 saturated heterocycles. The minimum absolute atomic E-state index is 0.261. The number of aryl methyl sites for hydroxylation is 2. The minimum atomic E-state index is -0.261. The van der Waals surface area contributed by atoms with Crippen molar-refractivity contribution in [3.8, 4) is 0 Å². The third-order valence-electron chi connectivity index (χ3n) is 4.34. The lowest BCUT2D eigenvalue weighted by molar-refractivity contribution is 0.102. The van der Waals surface area contributed by atoms with Crippen molar-refractivity contribution in [2.24, 2.45) is 0 Å². The summed E-state index contributed by atoms with van der Waals surface area (Å²) in [6, 6.07) is 4.04. The lowest BCUT2D eigenvalue weighted by Crippen LogP contribution is -2.36. The number of anilines is 2. The van der Waals surface area contributed by atoms with Crippen LogP contribution in [0.3, 0.4) is 0 Å². The molecule has 1 amide bonds. The molecule has 2 N–H and O–H groups in total. The Morgan fingerprint density at radius 1 is 1.24 bits per heavy atom. The maximum absolute atomic E-state index is 12.5. The first kappa shape index (κ1) is 16.0. The van der Waals surface area contributed by atoms with Crippen LogP contribution < -0.4 is 10.2 Å². The van der Waals surface area contributed by atoms with E-state index < -0.39 is 0 Å². The number of nitrogens with one attached hydrogen (secondary N) is 2. The van der Waals surface area contributed by atoms with Gasteiger partial charge in [0.15, 0.2) is 5.13 Å². The van der Waals surface area contributed by atoms with E-state index in [-0.39, 0.29) is 5.91 Å². The number of H-pyrrole nitrogens is 1. The second-order valence-corrected chi connectivity index (χ2v) is 6.94. The molecule has 130 valence electrons. The summed E-state index contributed by atoms with van der Waals surface area (Å²) in [6.07, 6.45) is 0. The molecule has 0 atom stereocenters. The molecule has 7 nitrogen and oxygen atoms in total. The summed E-state index contributed by atoms with van der Waals surface area (Å²) in [6.45, 7) is 7.09. The zero-order valence-electron chi connectivity index (χ0n) is 14.1. The number of hydrogen-bond acceptors (Lipinski definition) is 6. The lowest BCUT2D eigenvalue weighted by atomic mass is 10.1. The van der Waals surface area contributed by atoms with Crippen LogP contribution in [-0.2, 0) is 4.74 Å². The standard InChI is InChI=1S/C17H19N5O2S/c1-10-7-12-13(8-11(10)2)19-16(18-12)21-15(23)14-9-25-17(20-14)22-3-5-24-6-4-22/h7-9H,3-6H2,1-2H3,(H2,18,19,21,23). The third-order valence-corrected chi connectivity index (χ3v) is 5.24. The number of aromatic amines is 1. The predicted octanol–water partition coefficient (Wildman–Crippen LogP) is 2.73. The van der Waals surface area contributed by atoms with Crippen molar-refractivity contribution in [1.82, 2.24) is 15.0 Å². The number of aromatic nitrogens is 3. The Morgan fingerprint density at radius 2 is 2.00 bits per heavy atom. The number of ether oxygens (including phenoxy) is 1. The number of thiazole rings is 1. The number of amides is 1. The summed E-state index contributed by atoms with van der Waals surface area (Å²) in [4.78, 5) is 26.6. The van der Waals surface area contributed by atoms with Gasteiger partial charge in [0.1, 0.15) is 5.69 Å². The molecule has 0 spiro atoms. The Morgan fingerprint density at radius 3 is 2.80 bits per heavy atom. The van der Waals surface area contributed by atoms with Gasteiger partial charge in [-0.15, -0.1) is 11.3 Å². The van der Waals surface area contributed by atoms with Crippen LogP contribution in [-0.4, -0.2) is 47.2 Å². The summed E-state index contributed by atoms with van der Waals surface area (Å²) in [5.74, 6) is 0.175. The highest BCUT2D eigenvalue weighted by Gasteiger charge is 2.18. The first-order chi connectivity index (χ1) is 12.1. The van der Waals surface area contributed by atoms with E-state index in [9.17, 15) is 4.79 Å². The fourth-order valence-electron chi connectivity index (χ4n) is 2.77. The summed E-state index contributed by atoms with van der Waals surface area (Å²) in [7, 11) is 0. The smallest absolute Gasteiger partial charge is 0.277 e. The van der Waals surface area contributed by atoms with Gasteiger partial charge in [0, 0.05) is 18.5 Å². The molecule has 1 aliphatic heterocycles. The van der Waals surface area contributed by atoms with Crippen LogP contribution in [0.25, 0.3) is 11.0 Å². The number of hydrogen-bond donors (Lipinski definition) is 2. The normalized spacial score (nSPS) is 14.9. The molecular weight excluding hydrogens is 338 g/mol. The Bertz CT molecular complexity index is 887. The molecule has 2 aromatic heterocycles. The van der Waals surface area contributed by atoms with E-state index in [2.05, 4.69) is 32.1 Å². The Hall–Kier alpha value is -2.45. The maximum atomic E-state index is 12.5. The monoisotopic (exact) mass is 357 g/mol. The van der Waals surface area contributed by atoms with E-state index in [0.29, 0.717) is 24.9 Å². The minimum Gasteiger partial charge on any atom is -0.378 e. The van der Waals surface area contributed by atoms with Gasteiger partial charge in [0.25, 0.3) is 5.91 Å². The average molecular weight is 357 g/mol. The number of carbonyl (C=O) groups excluding carboxylic acids is 1. The molecule has 1 fully saturated rings. The van der Waals surface area contributed by atoms with E-state index in [0.717, 1.165) is 29.3 Å². The quantitative estimate of drug-likeness (QED) is 0.753. The summed E-state index contributed by atoms with van der Waals surface area (Å²) in [5.41, 5.74) is 4.51. The molecule has 0 bridgehead atoms. The molecule has 0 unspecified atom stereocenters. The van der Waals surface area contributed by atoms with Crippen molar-refractivity contribution < 1.29 is 9.53 Å². The highest BCUT2D eigenvalue weighted by Crippen LogP contribution is 2.23. The summed E-state index contributed by atoms with van der Waals surface area (Å²) >= 11 is 1.47.